The van der Waals surface area contributed by atoms with E-state index in [9.17, 15) is 24.3 Å². The summed E-state index contributed by atoms with van der Waals surface area (Å²) in [7, 11) is 0. The molecule has 1 fully saturated rings. The van der Waals surface area contributed by atoms with E-state index in [1.54, 1.807) is 31.2 Å². The summed E-state index contributed by atoms with van der Waals surface area (Å²) in [6.07, 6.45) is 0. The van der Waals surface area contributed by atoms with Crippen LogP contribution >= 0.6 is 15.9 Å². The largest absolute Gasteiger partial charge is 0.478 e. The predicted octanol–water partition coefficient (Wildman–Crippen LogP) is 5.85. The number of nitrogens with zero attached hydrogens (tertiary/aromatic N) is 1. The van der Waals surface area contributed by atoms with Gasteiger partial charge < -0.3 is 10.4 Å². The van der Waals surface area contributed by atoms with Crippen LogP contribution in [0.2, 0.25) is 0 Å². The summed E-state index contributed by atoms with van der Waals surface area (Å²) in [5.74, 6) is -3.62. The topological polar surface area (TPSA) is 104 Å². The van der Waals surface area contributed by atoms with Crippen LogP contribution in [-0.4, -0.2) is 28.8 Å². The second-order valence-electron chi connectivity index (χ2n) is 10.7. The van der Waals surface area contributed by atoms with E-state index in [0.29, 0.717) is 5.69 Å². The molecule has 4 aliphatic rings. The highest BCUT2D eigenvalue weighted by molar-refractivity contribution is 9.09. The van der Waals surface area contributed by atoms with Crippen LogP contribution in [0, 0.1) is 18.8 Å². The van der Waals surface area contributed by atoms with Crippen molar-refractivity contribution in [1.82, 2.24) is 0 Å². The fourth-order valence-electron chi connectivity index (χ4n) is 6.84. The molecule has 4 aromatic rings. The number of aromatic carboxylic acids is 1. The van der Waals surface area contributed by atoms with Gasteiger partial charge in [-0.1, -0.05) is 70.5 Å². The molecule has 1 aliphatic heterocycles. The van der Waals surface area contributed by atoms with Crippen LogP contribution in [0.5, 0.6) is 0 Å². The van der Waals surface area contributed by atoms with E-state index in [2.05, 4.69) is 21.2 Å². The van der Waals surface area contributed by atoms with Gasteiger partial charge in [-0.2, -0.15) is 0 Å². The van der Waals surface area contributed by atoms with Crippen molar-refractivity contribution in [2.75, 3.05) is 10.2 Å². The first kappa shape index (κ1) is 25.4. The third-order valence-electron chi connectivity index (χ3n) is 8.56. The molecule has 3 amide bonds. The Kier molecular flexibility index (Phi) is 5.56. The van der Waals surface area contributed by atoms with Gasteiger partial charge in [0.05, 0.1) is 33.1 Å². The molecule has 0 saturated carbocycles. The van der Waals surface area contributed by atoms with E-state index in [1.807, 2.05) is 48.5 Å². The SMILES string of the molecule is Cc1ccc(C(=O)O)c(NC(=O)c2ccc(N3C(=O)[C@@H]4[C@@H](C3=O)C3c5ccccc5C4(Br)c4ccccc43)cc2)c1. The monoisotopic (exact) mass is 606 g/mol. The van der Waals surface area contributed by atoms with Crippen molar-refractivity contribution < 1.29 is 24.3 Å². The smallest absolute Gasteiger partial charge is 0.337 e. The molecule has 2 N–H and O–H groups in total. The van der Waals surface area contributed by atoms with Crippen molar-refractivity contribution in [3.63, 3.8) is 0 Å². The van der Waals surface area contributed by atoms with Crippen molar-refractivity contribution in [2.24, 2.45) is 11.8 Å². The standard InChI is InChI=1S/C33H23BrN2O5/c1-17-10-15-22(32(40)41)25(16-17)35-29(37)18-11-13-19(14-12-18)36-30(38)27-26-20-6-2-4-8-23(20)33(34,28(27)31(36)39)24-9-5-3-7-21(24)26/h2-16,26-28H,1H3,(H,35,37)(H,40,41)/t26?,27-,28-,33?/m0/s1. The van der Waals surface area contributed by atoms with Gasteiger partial charge in [0.25, 0.3) is 5.91 Å². The van der Waals surface area contributed by atoms with E-state index in [-0.39, 0.29) is 34.5 Å². The Morgan fingerprint density at radius 1 is 0.854 bits per heavy atom. The zero-order chi connectivity index (χ0) is 28.6. The molecule has 1 saturated heterocycles. The maximum absolute atomic E-state index is 14.1. The van der Waals surface area contributed by atoms with Crippen LogP contribution in [0.1, 0.15) is 54.5 Å². The highest BCUT2D eigenvalue weighted by Gasteiger charge is 2.67. The average molecular weight is 607 g/mol. The molecule has 7 nitrogen and oxygen atoms in total. The number of carbonyl (C=O) groups is 4. The van der Waals surface area contributed by atoms with Crippen molar-refractivity contribution in [3.05, 3.63) is 130 Å². The fraction of sp³-hybridized carbons (Fsp3) is 0.152. The highest BCUT2D eigenvalue weighted by Crippen LogP contribution is 2.66. The highest BCUT2D eigenvalue weighted by atomic mass is 79.9. The Morgan fingerprint density at radius 3 is 2.07 bits per heavy atom. The number of nitrogens with one attached hydrogen (secondary N) is 1. The summed E-state index contributed by atoms with van der Waals surface area (Å²) in [5.41, 5.74) is 5.75. The number of carboxylic acid groups (broad SMARTS) is 1. The van der Waals surface area contributed by atoms with E-state index in [1.165, 1.54) is 23.1 Å². The van der Waals surface area contributed by atoms with Gasteiger partial charge in [0, 0.05) is 11.5 Å². The summed E-state index contributed by atoms with van der Waals surface area (Å²) in [6, 6.07) is 26.9. The number of imide groups is 1. The third-order valence-corrected chi connectivity index (χ3v) is 9.90. The predicted molar refractivity (Wildman–Crippen MR) is 156 cm³/mol. The molecule has 8 heteroatoms. The van der Waals surface area contributed by atoms with Gasteiger partial charge in [-0.25, -0.2) is 9.69 Å². The quantitative estimate of drug-likeness (QED) is 0.224. The number of aryl methyl sites for hydroxylation is 1. The zero-order valence-corrected chi connectivity index (χ0v) is 23.4. The van der Waals surface area contributed by atoms with E-state index >= 15 is 0 Å². The number of hydrogen-bond donors (Lipinski definition) is 2. The number of anilines is 2. The first-order valence-electron chi connectivity index (χ1n) is 13.2. The maximum atomic E-state index is 14.1. The molecule has 4 aromatic carbocycles. The molecule has 2 bridgehead atoms. The lowest BCUT2D eigenvalue weighted by atomic mass is 9.55. The van der Waals surface area contributed by atoms with Gasteiger partial charge in [0.2, 0.25) is 11.8 Å². The third kappa shape index (κ3) is 3.50. The van der Waals surface area contributed by atoms with Crippen LogP contribution in [0.4, 0.5) is 11.4 Å². The molecule has 8 rings (SSSR count). The number of carbonyl (C=O) groups excluding carboxylic acids is 3. The lowest BCUT2D eigenvalue weighted by Crippen LogP contribution is -2.50. The number of halogens is 1. The Bertz CT molecular complexity index is 1770. The molecule has 202 valence electrons. The molecule has 3 aliphatic carbocycles. The van der Waals surface area contributed by atoms with E-state index < -0.39 is 28.0 Å². The number of benzene rings is 4. The van der Waals surface area contributed by atoms with Crippen LogP contribution in [0.25, 0.3) is 0 Å². The van der Waals surface area contributed by atoms with Crippen molar-refractivity contribution in [3.8, 4) is 0 Å². The average Bonchev–Trinajstić information content (AvgIpc) is 3.24. The molecular formula is C33H23BrN2O5. The lowest BCUT2D eigenvalue weighted by Gasteiger charge is -2.51. The van der Waals surface area contributed by atoms with Gasteiger partial charge in [-0.3, -0.25) is 14.4 Å². The first-order chi connectivity index (χ1) is 19.7. The first-order valence-corrected chi connectivity index (χ1v) is 14.0. The summed E-state index contributed by atoms with van der Waals surface area (Å²) < 4.78 is -0.837. The lowest BCUT2D eigenvalue weighted by molar-refractivity contribution is -0.122. The Balaban J connectivity index is 1.23. The molecule has 0 spiro atoms. The zero-order valence-electron chi connectivity index (χ0n) is 21.8. The molecule has 2 atom stereocenters. The van der Waals surface area contributed by atoms with Crippen molar-refractivity contribution in [2.45, 2.75) is 17.2 Å². The number of carboxylic acids is 1. The van der Waals surface area contributed by atoms with Crippen LogP contribution in [0.3, 0.4) is 0 Å². The Morgan fingerprint density at radius 2 is 1.46 bits per heavy atom. The summed E-state index contributed by atoms with van der Waals surface area (Å²) in [6.45, 7) is 1.80. The van der Waals surface area contributed by atoms with Crippen LogP contribution in [0.15, 0.2) is 91.0 Å². The molecule has 0 aromatic heterocycles. The minimum absolute atomic E-state index is 0.0169. The molecule has 41 heavy (non-hydrogen) atoms. The van der Waals surface area contributed by atoms with E-state index in [0.717, 1.165) is 27.8 Å². The maximum Gasteiger partial charge on any atom is 0.337 e. The van der Waals surface area contributed by atoms with Gasteiger partial charge in [0.1, 0.15) is 0 Å². The minimum Gasteiger partial charge on any atom is -0.478 e. The van der Waals surface area contributed by atoms with Gasteiger partial charge in [-0.05, 0) is 71.1 Å². The number of rotatable bonds is 4. The van der Waals surface area contributed by atoms with Crippen LogP contribution in [-0.2, 0) is 13.9 Å². The Labute approximate surface area is 243 Å². The number of amides is 3. The molecular weight excluding hydrogens is 584 g/mol. The second-order valence-corrected chi connectivity index (χ2v) is 12.0. The number of alkyl halides is 1. The summed E-state index contributed by atoms with van der Waals surface area (Å²) in [4.78, 5) is 54.0. The number of hydrogen-bond acceptors (Lipinski definition) is 4. The minimum atomic E-state index is -1.15. The molecule has 0 unspecified atom stereocenters. The van der Waals surface area contributed by atoms with Crippen molar-refractivity contribution in [1.29, 1.82) is 0 Å². The van der Waals surface area contributed by atoms with Crippen LogP contribution < -0.4 is 10.2 Å². The fourth-order valence-corrected chi connectivity index (χ4v) is 8.04. The summed E-state index contributed by atoms with van der Waals surface area (Å²) >= 11 is 3.99. The molecule has 1 heterocycles. The van der Waals surface area contributed by atoms with Gasteiger partial charge >= 0.3 is 5.97 Å². The normalized spacial score (nSPS) is 23.6. The van der Waals surface area contributed by atoms with Crippen molar-refractivity contribution >= 4 is 51.0 Å². The van der Waals surface area contributed by atoms with E-state index in [4.69, 9.17) is 0 Å². The van der Waals surface area contributed by atoms with Gasteiger partial charge in [0.15, 0.2) is 0 Å². The van der Waals surface area contributed by atoms with Gasteiger partial charge in [-0.15, -0.1) is 0 Å². The summed E-state index contributed by atoms with van der Waals surface area (Å²) in [5, 5.41) is 12.2. The Hall–Kier alpha value is -4.56. The second kappa shape index (κ2) is 8.97. The molecule has 0 radical (unpaired) electrons.